The van der Waals surface area contributed by atoms with E-state index in [4.69, 9.17) is 5.11 Å². The van der Waals surface area contributed by atoms with Gasteiger partial charge in [0.1, 0.15) is 11.5 Å². The Bertz CT molecular complexity index is 704. The van der Waals surface area contributed by atoms with Gasteiger partial charge in [0.25, 0.3) is 5.91 Å². The molecule has 3 rings (SSSR count). The van der Waals surface area contributed by atoms with E-state index >= 15 is 0 Å². The molecule has 8 heteroatoms. The Balaban J connectivity index is 1.79. The van der Waals surface area contributed by atoms with Crippen molar-refractivity contribution in [2.24, 2.45) is 0 Å². The number of aliphatic hydroxyl groups is 1. The van der Waals surface area contributed by atoms with Crippen LogP contribution in [0.4, 0.5) is 10.2 Å². The Kier molecular flexibility index (Phi) is 5.67. The van der Waals surface area contributed by atoms with Crippen LogP contribution in [0.2, 0.25) is 0 Å². The number of aryl methyl sites for hydroxylation is 1. The maximum atomic E-state index is 14.2. The maximum Gasteiger partial charge on any atom is 0.291 e. The molecule has 1 aromatic heterocycles. The number of aromatic nitrogens is 2. The molecule has 27 heavy (non-hydrogen) atoms. The van der Waals surface area contributed by atoms with Gasteiger partial charge in [-0.25, -0.2) is 14.4 Å². The zero-order chi connectivity index (χ0) is 19.8. The molecule has 2 aliphatic heterocycles. The van der Waals surface area contributed by atoms with Crippen LogP contribution in [0.15, 0.2) is 0 Å². The average molecular weight is 379 g/mol. The first kappa shape index (κ1) is 19.9. The lowest BCUT2D eigenvalue weighted by Gasteiger charge is -2.35. The Hall–Kier alpha value is -1.80. The number of anilines is 1. The van der Waals surface area contributed by atoms with Gasteiger partial charge < -0.3 is 19.8 Å². The van der Waals surface area contributed by atoms with Crippen molar-refractivity contribution in [3.05, 3.63) is 17.1 Å². The third-order valence-electron chi connectivity index (χ3n) is 5.98. The van der Waals surface area contributed by atoms with E-state index in [0.29, 0.717) is 6.04 Å². The van der Waals surface area contributed by atoms with E-state index in [9.17, 15) is 9.18 Å². The van der Waals surface area contributed by atoms with Crippen molar-refractivity contribution in [3.63, 3.8) is 0 Å². The van der Waals surface area contributed by atoms with Gasteiger partial charge in [-0.2, -0.15) is 0 Å². The first-order chi connectivity index (χ1) is 12.7. The highest BCUT2D eigenvalue weighted by Gasteiger charge is 2.36. The third-order valence-corrected chi connectivity index (χ3v) is 5.98. The third kappa shape index (κ3) is 4.06. The molecule has 2 saturated heterocycles. The predicted octanol–water partition coefficient (Wildman–Crippen LogP) is 1.17. The topological polar surface area (TPSA) is 72.8 Å². The summed E-state index contributed by atoms with van der Waals surface area (Å²) in [5, 5.41) is 9.17. The molecule has 1 N–H and O–H groups in total. The SMILES string of the molecule is Cc1nc(C(=O)N2CCC(F)(CO)CC2)nc(N2CC[C@@H](N(C)C)C2)c1C. The van der Waals surface area contributed by atoms with Crippen LogP contribution in [0.3, 0.4) is 0 Å². The number of hydrogen-bond acceptors (Lipinski definition) is 6. The Labute approximate surface area is 160 Å². The predicted molar refractivity (Wildman–Crippen MR) is 102 cm³/mol. The molecule has 2 aliphatic rings. The molecule has 0 unspecified atom stereocenters. The Morgan fingerprint density at radius 1 is 1.26 bits per heavy atom. The fraction of sp³-hybridized carbons (Fsp3) is 0.737. The van der Waals surface area contributed by atoms with Gasteiger partial charge in [0.2, 0.25) is 5.82 Å². The molecular weight excluding hydrogens is 349 g/mol. The molecule has 2 fully saturated rings. The summed E-state index contributed by atoms with van der Waals surface area (Å²) >= 11 is 0. The number of carbonyl (C=O) groups excluding carboxylic acids is 1. The Morgan fingerprint density at radius 3 is 2.48 bits per heavy atom. The van der Waals surface area contributed by atoms with Crippen molar-refractivity contribution in [2.45, 2.75) is 44.8 Å². The van der Waals surface area contributed by atoms with Crippen LogP contribution >= 0.6 is 0 Å². The number of rotatable bonds is 4. The lowest BCUT2D eigenvalue weighted by atomic mass is 9.94. The van der Waals surface area contributed by atoms with E-state index < -0.39 is 12.3 Å². The molecule has 0 bridgehead atoms. The highest BCUT2D eigenvalue weighted by atomic mass is 19.1. The standard InChI is InChI=1S/C19H30FN5O2/c1-13-14(2)21-16(18(27)24-9-6-19(20,12-26)7-10-24)22-17(13)25-8-5-15(11-25)23(3)4/h15,26H,5-12H2,1-4H3/t15-/m1/s1. The van der Waals surface area contributed by atoms with Gasteiger partial charge >= 0.3 is 0 Å². The monoisotopic (exact) mass is 379 g/mol. The van der Waals surface area contributed by atoms with Crippen LogP contribution in [0, 0.1) is 13.8 Å². The van der Waals surface area contributed by atoms with Gasteiger partial charge in [0.15, 0.2) is 0 Å². The number of aliphatic hydroxyl groups excluding tert-OH is 1. The summed E-state index contributed by atoms with van der Waals surface area (Å²) in [5.41, 5.74) is 0.208. The summed E-state index contributed by atoms with van der Waals surface area (Å²) in [4.78, 5) is 27.9. The zero-order valence-corrected chi connectivity index (χ0v) is 16.7. The van der Waals surface area contributed by atoms with Gasteiger partial charge in [-0.3, -0.25) is 4.79 Å². The molecule has 3 heterocycles. The summed E-state index contributed by atoms with van der Waals surface area (Å²) in [5.74, 6) is 0.738. The number of amides is 1. The number of likely N-dealkylation sites (N-methyl/N-ethyl adjacent to an activating group) is 1. The summed E-state index contributed by atoms with van der Waals surface area (Å²) in [6, 6.07) is 0.470. The summed E-state index contributed by atoms with van der Waals surface area (Å²) in [6.45, 7) is 5.71. The number of hydrogen-bond donors (Lipinski definition) is 1. The van der Waals surface area contributed by atoms with Crippen molar-refractivity contribution < 1.29 is 14.3 Å². The zero-order valence-electron chi connectivity index (χ0n) is 16.7. The minimum Gasteiger partial charge on any atom is -0.393 e. The quantitative estimate of drug-likeness (QED) is 0.847. The fourth-order valence-electron chi connectivity index (χ4n) is 3.78. The summed E-state index contributed by atoms with van der Waals surface area (Å²) in [6.07, 6.45) is 1.35. The van der Waals surface area contributed by atoms with Crippen molar-refractivity contribution >= 4 is 11.7 Å². The molecule has 0 spiro atoms. The van der Waals surface area contributed by atoms with Gasteiger partial charge in [-0.1, -0.05) is 0 Å². The number of likely N-dealkylation sites (tertiary alicyclic amines) is 1. The van der Waals surface area contributed by atoms with Gasteiger partial charge in [0, 0.05) is 56.3 Å². The van der Waals surface area contributed by atoms with Crippen molar-refractivity contribution in [3.8, 4) is 0 Å². The molecule has 7 nitrogen and oxygen atoms in total. The molecule has 1 aromatic rings. The smallest absolute Gasteiger partial charge is 0.291 e. The van der Waals surface area contributed by atoms with Crippen molar-refractivity contribution in [1.82, 2.24) is 19.8 Å². The normalized spacial score (nSPS) is 22.6. The van der Waals surface area contributed by atoms with E-state index in [1.807, 2.05) is 13.8 Å². The number of alkyl halides is 1. The lowest BCUT2D eigenvalue weighted by molar-refractivity contribution is 0.00950. The van der Waals surface area contributed by atoms with Crippen LogP contribution in [-0.2, 0) is 0 Å². The maximum absolute atomic E-state index is 14.2. The molecule has 0 aromatic carbocycles. The first-order valence-electron chi connectivity index (χ1n) is 9.60. The number of carbonyl (C=O) groups is 1. The largest absolute Gasteiger partial charge is 0.393 e. The molecule has 0 radical (unpaired) electrons. The fourth-order valence-corrected chi connectivity index (χ4v) is 3.78. The first-order valence-corrected chi connectivity index (χ1v) is 9.60. The van der Waals surface area contributed by atoms with Crippen LogP contribution in [-0.4, -0.2) is 89.4 Å². The highest BCUT2D eigenvalue weighted by Crippen LogP contribution is 2.28. The van der Waals surface area contributed by atoms with E-state index in [1.54, 1.807) is 4.90 Å². The molecule has 1 atom stereocenters. The molecule has 0 saturated carbocycles. The number of piperidine rings is 1. The van der Waals surface area contributed by atoms with Crippen molar-refractivity contribution in [2.75, 3.05) is 51.8 Å². The van der Waals surface area contributed by atoms with E-state index in [-0.39, 0.29) is 37.7 Å². The summed E-state index contributed by atoms with van der Waals surface area (Å²) in [7, 11) is 4.16. The van der Waals surface area contributed by atoms with Gasteiger partial charge in [0.05, 0.1) is 6.61 Å². The molecule has 0 aliphatic carbocycles. The average Bonchev–Trinajstić information content (AvgIpc) is 3.14. The van der Waals surface area contributed by atoms with Gasteiger partial charge in [-0.15, -0.1) is 0 Å². The second-order valence-corrected chi connectivity index (χ2v) is 8.03. The molecule has 150 valence electrons. The Morgan fingerprint density at radius 2 is 1.93 bits per heavy atom. The lowest BCUT2D eigenvalue weighted by Crippen LogP contribution is -2.46. The van der Waals surface area contributed by atoms with E-state index in [1.165, 1.54) is 0 Å². The highest BCUT2D eigenvalue weighted by molar-refractivity contribution is 5.91. The van der Waals surface area contributed by atoms with Crippen LogP contribution in [0.1, 0.15) is 41.1 Å². The van der Waals surface area contributed by atoms with E-state index in [0.717, 1.165) is 36.6 Å². The number of nitrogens with zero attached hydrogens (tertiary/aromatic N) is 5. The second-order valence-electron chi connectivity index (χ2n) is 8.03. The van der Waals surface area contributed by atoms with Crippen molar-refractivity contribution in [1.29, 1.82) is 0 Å². The van der Waals surface area contributed by atoms with Crippen LogP contribution in [0.25, 0.3) is 0 Å². The van der Waals surface area contributed by atoms with E-state index in [2.05, 4.69) is 33.9 Å². The van der Waals surface area contributed by atoms with Crippen LogP contribution < -0.4 is 4.90 Å². The molecular formula is C19H30FN5O2. The number of halogens is 1. The minimum absolute atomic E-state index is 0.142. The summed E-state index contributed by atoms with van der Waals surface area (Å²) < 4.78 is 14.2. The van der Waals surface area contributed by atoms with Crippen LogP contribution in [0.5, 0.6) is 0 Å². The molecule has 1 amide bonds. The minimum atomic E-state index is -1.58. The second kappa shape index (κ2) is 7.67. The van der Waals surface area contributed by atoms with Gasteiger partial charge in [-0.05, 0) is 34.4 Å².